The molecule has 0 saturated heterocycles. The van der Waals surface area contributed by atoms with Crippen LogP contribution in [0.4, 0.5) is 10.5 Å². The fraction of sp³-hybridized carbons (Fsp3) is 0.154. The van der Waals surface area contributed by atoms with Gasteiger partial charge in [0.1, 0.15) is 6.33 Å². The Bertz CT molecular complexity index is 573. The highest BCUT2D eigenvalue weighted by Crippen LogP contribution is 2.11. The molecule has 0 saturated carbocycles. The number of nitrogens with one attached hydrogen (secondary N) is 1. The fourth-order valence-electron chi connectivity index (χ4n) is 1.52. The van der Waals surface area contributed by atoms with E-state index in [0.717, 1.165) is 0 Å². The lowest BCUT2D eigenvalue weighted by molar-refractivity contribution is 0.0827. The molecule has 0 bridgehead atoms. The number of anilines is 1. The van der Waals surface area contributed by atoms with Crippen molar-refractivity contribution in [1.29, 1.82) is 0 Å². The third kappa shape index (κ3) is 2.98. The Hall–Kier alpha value is -2.63. The summed E-state index contributed by atoms with van der Waals surface area (Å²) in [7, 11) is 3.38. The van der Waals surface area contributed by atoms with Gasteiger partial charge in [0, 0.05) is 37.7 Å². The third-order valence-corrected chi connectivity index (χ3v) is 2.53. The molecule has 6 nitrogen and oxygen atoms in total. The topological polar surface area (TPSA) is 67.2 Å². The number of benzene rings is 1. The number of nitrogens with zero attached hydrogens (tertiary/aromatic N) is 3. The van der Waals surface area contributed by atoms with E-state index in [0.29, 0.717) is 11.3 Å². The molecule has 1 heterocycles. The van der Waals surface area contributed by atoms with Gasteiger partial charge in [0.05, 0.1) is 0 Å². The van der Waals surface area contributed by atoms with Crippen molar-refractivity contribution in [3.05, 3.63) is 48.5 Å². The van der Waals surface area contributed by atoms with Crippen molar-refractivity contribution in [3.8, 4) is 0 Å². The minimum absolute atomic E-state index is 0.0764. The highest BCUT2D eigenvalue weighted by molar-refractivity contribution is 5.95. The maximum absolute atomic E-state index is 11.7. The zero-order chi connectivity index (χ0) is 13.8. The highest BCUT2D eigenvalue weighted by Gasteiger charge is 2.08. The standard InChI is InChI=1S/C13H14N4O2/c1-16(2)12(18)10-3-5-11(6-4-10)15-13(19)17-8-7-14-9-17/h3-9H,1-2H3,(H,15,19). The van der Waals surface area contributed by atoms with Gasteiger partial charge in [0.15, 0.2) is 0 Å². The van der Waals surface area contributed by atoms with Crippen LogP contribution in [0.25, 0.3) is 0 Å². The van der Waals surface area contributed by atoms with Crippen LogP contribution >= 0.6 is 0 Å². The van der Waals surface area contributed by atoms with Gasteiger partial charge in [-0.15, -0.1) is 0 Å². The summed E-state index contributed by atoms with van der Waals surface area (Å²) in [6, 6.07) is 6.42. The number of rotatable bonds is 2. The number of hydrogen-bond acceptors (Lipinski definition) is 3. The van der Waals surface area contributed by atoms with Gasteiger partial charge in [0.2, 0.25) is 0 Å². The van der Waals surface area contributed by atoms with Gasteiger partial charge in [-0.1, -0.05) is 0 Å². The van der Waals surface area contributed by atoms with Crippen LogP contribution in [0.1, 0.15) is 10.4 Å². The Morgan fingerprint density at radius 1 is 1.21 bits per heavy atom. The van der Waals surface area contributed by atoms with Gasteiger partial charge in [0.25, 0.3) is 5.91 Å². The lowest BCUT2D eigenvalue weighted by Gasteiger charge is -2.11. The molecule has 0 aliphatic carbocycles. The maximum Gasteiger partial charge on any atom is 0.331 e. The van der Waals surface area contributed by atoms with Crippen molar-refractivity contribution in [1.82, 2.24) is 14.5 Å². The summed E-state index contributed by atoms with van der Waals surface area (Å²) in [5.74, 6) is -0.0764. The molecular weight excluding hydrogens is 244 g/mol. The summed E-state index contributed by atoms with van der Waals surface area (Å²) in [6.45, 7) is 0. The van der Waals surface area contributed by atoms with E-state index in [1.54, 1.807) is 44.6 Å². The first kappa shape index (κ1) is 12.8. The first-order valence-electron chi connectivity index (χ1n) is 5.69. The molecule has 0 aliphatic heterocycles. The average Bonchev–Trinajstić information content (AvgIpc) is 2.92. The van der Waals surface area contributed by atoms with Gasteiger partial charge in [-0.2, -0.15) is 0 Å². The normalized spacial score (nSPS) is 10.0. The van der Waals surface area contributed by atoms with Crippen LogP contribution in [-0.4, -0.2) is 40.5 Å². The Kier molecular flexibility index (Phi) is 3.61. The first-order valence-corrected chi connectivity index (χ1v) is 5.69. The molecule has 0 spiro atoms. The Morgan fingerprint density at radius 3 is 2.42 bits per heavy atom. The van der Waals surface area contributed by atoms with Crippen molar-refractivity contribution in [3.63, 3.8) is 0 Å². The van der Waals surface area contributed by atoms with E-state index < -0.39 is 0 Å². The van der Waals surface area contributed by atoms with Gasteiger partial charge >= 0.3 is 6.03 Å². The number of carbonyl (C=O) groups is 2. The van der Waals surface area contributed by atoms with Crippen LogP contribution < -0.4 is 5.32 Å². The molecule has 0 radical (unpaired) electrons. The van der Waals surface area contributed by atoms with E-state index in [-0.39, 0.29) is 11.9 Å². The molecular formula is C13H14N4O2. The van der Waals surface area contributed by atoms with E-state index in [1.807, 2.05) is 0 Å². The second kappa shape index (κ2) is 5.34. The molecule has 6 heteroatoms. The first-order chi connectivity index (χ1) is 9.08. The van der Waals surface area contributed by atoms with Crippen molar-refractivity contribution in [2.45, 2.75) is 0 Å². The molecule has 1 N–H and O–H groups in total. The van der Waals surface area contributed by atoms with E-state index >= 15 is 0 Å². The van der Waals surface area contributed by atoms with Crippen LogP contribution in [0.5, 0.6) is 0 Å². The quantitative estimate of drug-likeness (QED) is 0.890. The largest absolute Gasteiger partial charge is 0.345 e. The summed E-state index contributed by atoms with van der Waals surface area (Å²) in [6.07, 6.45) is 4.50. The van der Waals surface area contributed by atoms with Crippen LogP contribution in [0.15, 0.2) is 43.0 Å². The predicted octanol–water partition coefficient (Wildman–Crippen LogP) is 1.67. The summed E-state index contributed by atoms with van der Waals surface area (Å²) in [5, 5.41) is 2.70. The number of carbonyl (C=O) groups excluding carboxylic acids is 2. The van der Waals surface area contributed by atoms with Gasteiger partial charge in [-0.25, -0.2) is 9.78 Å². The molecule has 98 valence electrons. The second-order valence-corrected chi connectivity index (χ2v) is 4.18. The van der Waals surface area contributed by atoms with Crippen molar-refractivity contribution in [2.24, 2.45) is 0 Å². The van der Waals surface area contributed by atoms with Crippen molar-refractivity contribution < 1.29 is 9.59 Å². The molecule has 1 aromatic carbocycles. The smallest absolute Gasteiger partial charge is 0.331 e. The average molecular weight is 258 g/mol. The third-order valence-electron chi connectivity index (χ3n) is 2.53. The van der Waals surface area contributed by atoms with E-state index in [9.17, 15) is 9.59 Å². The molecule has 1 aromatic heterocycles. The molecule has 0 unspecified atom stereocenters. The zero-order valence-corrected chi connectivity index (χ0v) is 10.7. The van der Waals surface area contributed by atoms with Crippen LogP contribution in [0.3, 0.4) is 0 Å². The van der Waals surface area contributed by atoms with Gasteiger partial charge in [-0.3, -0.25) is 9.36 Å². The molecule has 19 heavy (non-hydrogen) atoms. The lowest BCUT2D eigenvalue weighted by Crippen LogP contribution is -2.21. The van der Waals surface area contributed by atoms with Crippen LogP contribution in [0.2, 0.25) is 0 Å². The molecule has 2 aromatic rings. The maximum atomic E-state index is 11.7. The number of amides is 2. The molecule has 0 aliphatic rings. The monoisotopic (exact) mass is 258 g/mol. The number of hydrogen-bond donors (Lipinski definition) is 1. The summed E-state index contributed by atoms with van der Waals surface area (Å²) in [4.78, 5) is 28.7. The number of aromatic nitrogens is 2. The van der Waals surface area contributed by atoms with Crippen molar-refractivity contribution in [2.75, 3.05) is 19.4 Å². The highest BCUT2D eigenvalue weighted by atomic mass is 16.2. The van der Waals surface area contributed by atoms with E-state index in [4.69, 9.17) is 0 Å². The minimum atomic E-state index is -0.302. The van der Waals surface area contributed by atoms with Gasteiger partial charge < -0.3 is 10.2 Å². The summed E-state index contributed by atoms with van der Waals surface area (Å²) >= 11 is 0. The number of imidazole rings is 1. The minimum Gasteiger partial charge on any atom is -0.345 e. The summed E-state index contributed by atoms with van der Waals surface area (Å²) < 4.78 is 1.33. The SMILES string of the molecule is CN(C)C(=O)c1ccc(NC(=O)n2ccnc2)cc1. The molecule has 0 fully saturated rings. The molecule has 0 atom stereocenters. The second-order valence-electron chi connectivity index (χ2n) is 4.18. The fourth-order valence-corrected chi connectivity index (χ4v) is 1.52. The van der Waals surface area contributed by atoms with Crippen molar-refractivity contribution >= 4 is 17.6 Å². The Morgan fingerprint density at radius 2 is 1.89 bits per heavy atom. The van der Waals surface area contributed by atoms with E-state index in [2.05, 4.69) is 10.3 Å². The Balaban J connectivity index is 2.07. The van der Waals surface area contributed by atoms with Crippen LogP contribution in [-0.2, 0) is 0 Å². The predicted molar refractivity (Wildman–Crippen MR) is 71.1 cm³/mol. The van der Waals surface area contributed by atoms with E-state index in [1.165, 1.54) is 22.0 Å². The van der Waals surface area contributed by atoms with Gasteiger partial charge in [-0.05, 0) is 24.3 Å². The van der Waals surface area contributed by atoms with Crippen LogP contribution in [0, 0.1) is 0 Å². The Labute approximate surface area is 110 Å². The summed E-state index contributed by atoms with van der Waals surface area (Å²) in [5.41, 5.74) is 1.19. The lowest BCUT2D eigenvalue weighted by atomic mass is 10.2. The zero-order valence-electron chi connectivity index (χ0n) is 10.7. The molecule has 2 rings (SSSR count). The molecule has 2 amide bonds.